The summed E-state index contributed by atoms with van der Waals surface area (Å²) in [6.07, 6.45) is 2.63. The normalized spacial score (nSPS) is 22.8. The maximum atomic E-state index is 13.2. The van der Waals surface area contributed by atoms with E-state index < -0.39 is 28.8 Å². The SMILES string of the molecule is CC1(c2ccc(F)cc2)NC(=O)N(CC(=O)NC2(c3ccccc3)CCC2)C1=O. The van der Waals surface area contributed by atoms with E-state index in [0.717, 1.165) is 29.7 Å². The van der Waals surface area contributed by atoms with Crippen LogP contribution in [0.4, 0.5) is 9.18 Å². The first-order valence-corrected chi connectivity index (χ1v) is 9.61. The van der Waals surface area contributed by atoms with Crippen molar-refractivity contribution >= 4 is 17.8 Å². The fourth-order valence-corrected chi connectivity index (χ4v) is 4.04. The Morgan fingerprint density at radius 3 is 2.31 bits per heavy atom. The minimum absolute atomic E-state index is 0.365. The van der Waals surface area contributed by atoms with E-state index in [0.29, 0.717) is 5.56 Å². The van der Waals surface area contributed by atoms with Crippen LogP contribution in [0.1, 0.15) is 37.3 Å². The van der Waals surface area contributed by atoms with Gasteiger partial charge in [-0.25, -0.2) is 9.18 Å². The summed E-state index contributed by atoms with van der Waals surface area (Å²) in [5, 5.41) is 5.66. The summed E-state index contributed by atoms with van der Waals surface area (Å²) in [7, 11) is 0. The topological polar surface area (TPSA) is 78.5 Å². The lowest BCUT2D eigenvalue weighted by molar-refractivity contribution is -0.135. The molecule has 1 aliphatic heterocycles. The summed E-state index contributed by atoms with van der Waals surface area (Å²) in [6, 6.07) is 14.4. The van der Waals surface area contributed by atoms with Crippen LogP contribution in [-0.2, 0) is 20.7 Å². The summed E-state index contributed by atoms with van der Waals surface area (Å²) < 4.78 is 13.2. The molecule has 150 valence electrons. The molecule has 1 atom stereocenters. The highest BCUT2D eigenvalue weighted by Gasteiger charge is 2.50. The van der Waals surface area contributed by atoms with E-state index in [2.05, 4.69) is 10.6 Å². The van der Waals surface area contributed by atoms with E-state index in [1.807, 2.05) is 30.3 Å². The van der Waals surface area contributed by atoms with Crippen molar-refractivity contribution in [2.45, 2.75) is 37.3 Å². The van der Waals surface area contributed by atoms with Gasteiger partial charge in [-0.05, 0) is 49.4 Å². The number of rotatable bonds is 5. The van der Waals surface area contributed by atoms with Crippen LogP contribution in [0.5, 0.6) is 0 Å². The highest BCUT2D eigenvalue weighted by molar-refractivity contribution is 6.09. The van der Waals surface area contributed by atoms with Crippen LogP contribution < -0.4 is 10.6 Å². The van der Waals surface area contributed by atoms with Crippen molar-refractivity contribution < 1.29 is 18.8 Å². The number of carbonyl (C=O) groups excluding carboxylic acids is 3. The molecule has 2 aromatic rings. The van der Waals surface area contributed by atoms with Crippen LogP contribution in [0, 0.1) is 5.82 Å². The number of halogens is 1. The van der Waals surface area contributed by atoms with Crippen molar-refractivity contribution in [1.82, 2.24) is 15.5 Å². The van der Waals surface area contributed by atoms with E-state index in [1.54, 1.807) is 6.92 Å². The number of nitrogens with one attached hydrogen (secondary N) is 2. The lowest BCUT2D eigenvalue weighted by Crippen LogP contribution is -2.54. The Kier molecular flexibility index (Phi) is 4.61. The first kappa shape index (κ1) is 19.1. The van der Waals surface area contributed by atoms with Crippen LogP contribution in [0.25, 0.3) is 0 Å². The fourth-order valence-electron chi connectivity index (χ4n) is 4.04. The largest absolute Gasteiger partial charge is 0.345 e. The molecule has 1 heterocycles. The quantitative estimate of drug-likeness (QED) is 0.764. The van der Waals surface area contributed by atoms with Gasteiger partial charge in [-0.1, -0.05) is 42.5 Å². The molecule has 6 nitrogen and oxygen atoms in total. The van der Waals surface area contributed by atoms with Crippen molar-refractivity contribution in [1.29, 1.82) is 0 Å². The highest BCUT2D eigenvalue weighted by Crippen LogP contribution is 2.41. The smallest absolute Gasteiger partial charge is 0.325 e. The van der Waals surface area contributed by atoms with Gasteiger partial charge in [0.25, 0.3) is 5.91 Å². The monoisotopic (exact) mass is 395 g/mol. The van der Waals surface area contributed by atoms with Crippen LogP contribution >= 0.6 is 0 Å². The van der Waals surface area contributed by atoms with Gasteiger partial charge in [-0.3, -0.25) is 14.5 Å². The minimum Gasteiger partial charge on any atom is -0.345 e. The third-order valence-electron chi connectivity index (χ3n) is 5.91. The predicted octanol–water partition coefficient (Wildman–Crippen LogP) is 2.79. The Balaban J connectivity index is 1.49. The molecule has 1 unspecified atom stereocenters. The first-order valence-electron chi connectivity index (χ1n) is 9.61. The molecule has 0 spiro atoms. The number of amides is 4. The predicted molar refractivity (Wildman–Crippen MR) is 104 cm³/mol. The third-order valence-corrected chi connectivity index (χ3v) is 5.91. The zero-order valence-electron chi connectivity index (χ0n) is 16.1. The minimum atomic E-state index is -1.33. The van der Waals surface area contributed by atoms with Crippen molar-refractivity contribution in [2.24, 2.45) is 0 Å². The standard InChI is InChI=1S/C22H22FN3O3/c1-21(15-8-10-17(23)11-9-15)19(28)26(20(29)25-21)14-18(27)24-22(12-5-13-22)16-6-3-2-4-7-16/h2-4,6-11H,5,12-14H2,1H3,(H,24,27)(H,25,29). The van der Waals surface area contributed by atoms with Gasteiger partial charge < -0.3 is 10.6 Å². The molecule has 29 heavy (non-hydrogen) atoms. The Labute approximate surface area is 168 Å². The van der Waals surface area contributed by atoms with Gasteiger partial charge in [0.1, 0.15) is 17.9 Å². The van der Waals surface area contributed by atoms with Gasteiger partial charge in [-0.2, -0.15) is 0 Å². The fraction of sp³-hybridized carbons (Fsp3) is 0.318. The van der Waals surface area contributed by atoms with E-state index in [9.17, 15) is 18.8 Å². The molecule has 0 bridgehead atoms. The number of hydrogen-bond donors (Lipinski definition) is 2. The highest BCUT2D eigenvalue weighted by atomic mass is 19.1. The van der Waals surface area contributed by atoms with Gasteiger partial charge in [0, 0.05) is 0 Å². The molecule has 4 amide bonds. The molecule has 1 saturated heterocycles. The Morgan fingerprint density at radius 2 is 1.72 bits per heavy atom. The molecule has 2 aromatic carbocycles. The Hall–Kier alpha value is -3.22. The maximum absolute atomic E-state index is 13.2. The average molecular weight is 395 g/mol. The number of nitrogens with zero attached hydrogens (tertiary/aromatic N) is 1. The molecule has 2 N–H and O–H groups in total. The summed E-state index contributed by atoms with van der Waals surface area (Å²) in [5.74, 6) is -1.36. The number of hydrogen-bond acceptors (Lipinski definition) is 3. The Bertz CT molecular complexity index is 957. The molecule has 1 saturated carbocycles. The zero-order valence-corrected chi connectivity index (χ0v) is 16.1. The van der Waals surface area contributed by atoms with E-state index in [1.165, 1.54) is 24.3 Å². The molecular formula is C22H22FN3O3. The third kappa shape index (κ3) is 3.26. The molecule has 7 heteroatoms. The van der Waals surface area contributed by atoms with Crippen molar-refractivity contribution in [3.8, 4) is 0 Å². The van der Waals surface area contributed by atoms with Gasteiger partial charge in [0.15, 0.2) is 0 Å². The zero-order chi connectivity index (χ0) is 20.6. The van der Waals surface area contributed by atoms with Crippen LogP contribution in [0.15, 0.2) is 54.6 Å². The maximum Gasteiger partial charge on any atom is 0.325 e. The average Bonchev–Trinajstić information content (AvgIpc) is 2.90. The number of benzene rings is 2. The second-order valence-corrected chi connectivity index (χ2v) is 7.80. The van der Waals surface area contributed by atoms with E-state index in [4.69, 9.17) is 0 Å². The van der Waals surface area contributed by atoms with Gasteiger partial charge in [0.2, 0.25) is 5.91 Å². The molecule has 1 aliphatic carbocycles. The lowest BCUT2D eigenvalue weighted by atomic mass is 9.72. The van der Waals surface area contributed by atoms with Crippen LogP contribution in [0.2, 0.25) is 0 Å². The molecule has 4 rings (SSSR count). The van der Waals surface area contributed by atoms with E-state index in [-0.39, 0.29) is 12.5 Å². The molecule has 0 aromatic heterocycles. The van der Waals surface area contributed by atoms with E-state index >= 15 is 0 Å². The van der Waals surface area contributed by atoms with Crippen molar-refractivity contribution in [3.63, 3.8) is 0 Å². The summed E-state index contributed by atoms with van der Waals surface area (Å²) in [5.41, 5.74) is -0.302. The van der Waals surface area contributed by atoms with Gasteiger partial charge >= 0.3 is 6.03 Å². The number of imide groups is 1. The summed E-state index contributed by atoms with van der Waals surface area (Å²) in [6.45, 7) is 1.19. The van der Waals surface area contributed by atoms with Crippen molar-refractivity contribution in [2.75, 3.05) is 6.54 Å². The molecule has 2 fully saturated rings. The number of urea groups is 1. The summed E-state index contributed by atoms with van der Waals surface area (Å²) >= 11 is 0. The van der Waals surface area contributed by atoms with Gasteiger partial charge in [-0.15, -0.1) is 0 Å². The Morgan fingerprint density at radius 1 is 1.07 bits per heavy atom. The second-order valence-electron chi connectivity index (χ2n) is 7.80. The molecular weight excluding hydrogens is 373 g/mol. The first-order chi connectivity index (χ1) is 13.8. The number of carbonyl (C=O) groups is 3. The second kappa shape index (κ2) is 6.99. The van der Waals surface area contributed by atoms with Crippen molar-refractivity contribution in [3.05, 3.63) is 71.5 Å². The summed E-state index contributed by atoms with van der Waals surface area (Å²) in [4.78, 5) is 39.0. The van der Waals surface area contributed by atoms with Crippen LogP contribution in [-0.4, -0.2) is 29.3 Å². The van der Waals surface area contributed by atoms with Gasteiger partial charge in [0.05, 0.1) is 5.54 Å². The molecule has 2 aliphatic rings. The van der Waals surface area contributed by atoms with Crippen LogP contribution in [0.3, 0.4) is 0 Å². The lowest BCUT2D eigenvalue weighted by Gasteiger charge is -2.43. The molecule has 0 radical (unpaired) electrons.